The van der Waals surface area contributed by atoms with E-state index >= 15 is 0 Å². The number of hydrogen-bond donors (Lipinski definition) is 0. The second-order valence-electron chi connectivity index (χ2n) is 8.57. The number of carbonyl (C=O) groups is 2. The predicted molar refractivity (Wildman–Crippen MR) is 120 cm³/mol. The summed E-state index contributed by atoms with van der Waals surface area (Å²) < 4.78 is 1.41. The minimum atomic E-state index is -0.181. The van der Waals surface area contributed by atoms with Crippen molar-refractivity contribution >= 4 is 22.5 Å². The Morgan fingerprint density at radius 3 is 2.23 bits per heavy atom. The molecule has 2 heterocycles. The van der Waals surface area contributed by atoms with Crippen molar-refractivity contribution in [2.75, 3.05) is 13.1 Å². The highest BCUT2D eigenvalue weighted by atomic mass is 16.2. The van der Waals surface area contributed by atoms with Gasteiger partial charge in [-0.05, 0) is 24.8 Å². The summed E-state index contributed by atoms with van der Waals surface area (Å²) in [4.78, 5) is 40.7. The molecule has 6 nitrogen and oxygen atoms in total. The molecule has 3 aromatic rings. The van der Waals surface area contributed by atoms with E-state index in [1.54, 1.807) is 23.1 Å². The van der Waals surface area contributed by atoms with Crippen molar-refractivity contribution in [2.45, 2.75) is 33.2 Å². The SMILES string of the molecule is CC(C)Cn1nc(C(=O)N2CCC(C(=O)c3ccccc3)CC2)c2ccccc2c1=O. The third-order valence-corrected chi connectivity index (χ3v) is 5.82. The molecule has 0 radical (unpaired) electrons. The van der Waals surface area contributed by atoms with Crippen LogP contribution in [0.15, 0.2) is 59.4 Å². The maximum absolute atomic E-state index is 13.4. The van der Waals surface area contributed by atoms with Crippen molar-refractivity contribution in [3.8, 4) is 0 Å². The molecule has 0 N–H and O–H groups in total. The van der Waals surface area contributed by atoms with Gasteiger partial charge < -0.3 is 4.90 Å². The molecule has 2 aromatic carbocycles. The monoisotopic (exact) mass is 417 g/mol. The Bertz CT molecular complexity index is 1160. The van der Waals surface area contributed by atoms with Crippen LogP contribution in [0.2, 0.25) is 0 Å². The molecule has 1 aromatic heterocycles. The van der Waals surface area contributed by atoms with E-state index < -0.39 is 0 Å². The third kappa shape index (κ3) is 4.29. The minimum Gasteiger partial charge on any atom is -0.337 e. The lowest BCUT2D eigenvalue weighted by Gasteiger charge is -2.31. The van der Waals surface area contributed by atoms with Gasteiger partial charge in [0.25, 0.3) is 11.5 Å². The van der Waals surface area contributed by atoms with Crippen molar-refractivity contribution in [2.24, 2.45) is 11.8 Å². The zero-order valence-corrected chi connectivity index (χ0v) is 18.0. The van der Waals surface area contributed by atoms with E-state index in [0.717, 1.165) is 5.56 Å². The Balaban J connectivity index is 1.57. The number of fused-ring (bicyclic) bond motifs is 1. The van der Waals surface area contributed by atoms with Gasteiger partial charge in [-0.15, -0.1) is 0 Å². The van der Waals surface area contributed by atoms with Gasteiger partial charge in [0.2, 0.25) is 0 Å². The van der Waals surface area contributed by atoms with Crippen molar-refractivity contribution in [3.05, 3.63) is 76.2 Å². The predicted octanol–water partition coefficient (Wildman–Crippen LogP) is 3.79. The maximum atomic E-state index is 13.4. The Kier molecular flexibility index (Phi) is 5.98. The Morgan fingerprint density at radius 1 is 0.968 bits per heavy atom. The normalized spacial score (nSPS) is 14.9. The molecule has 0 saturated carbocycles. The fraction of sp³-hybridized carbons (Fsp3) is 0.360. The second kappa shape index (κ2) is 8.84. The molecule has 0 atom stereocenters. The first-order valence-corrected chi connectivity index (χ1v) is 10.8. The van der Waals surface area contributed by atoms with Crippen LogP contribution in [0, 0.1) is 11.8 Å². The van der Waals surface area contributed by atoms with Crippen LogP contribution in [0.3, 0.4) is 0 Å². The summed E-state index contributed by atoms with van der Waals surface area (Å²) in [6.07, 6.45) is 1.26. The van der Waals surface area contributed by atoms with Crippen molar-refractivity contribution in [3.63, 3.8) is 0 Å². The van der Waals surface area contributed by atoms with Crippen LogP contribution < -0.4 is 5.56 Å². The van der Waals surface area contributed by atoms with Gasteiger partial charge in [0.15, 0.2) is 11.5 Å². The van der Waals surface area contributed by atoms with Gasteiger partial charge in [0.1, 0.15) is 0 Å². The summed E-state index contributed by atoms with van der Waals surface area (Å²) in [5.41, 5.74) is 0.859. The van der Waals surface area contributed by atoms with E-state index in [1.807, 2.05) is 50.2 Å². The average Bonchev–Trinajstić information content (AvgIpc) is 2.80. The summed E-state index contributed by atoms with van der Waals surface area (Å²) in [5, 5.41) is 5.56. The number of rotatable bonds is 5. The number of amides is 1. The second-order valence-corrected chi connectivity index (χ2v) is 8.57. The quantitative estimate of drug-likeness (QED) is 0.592. The number of hydrogen-bond acceptors (Lipinski definition) is 4. The van der Waals surface area contributed by atoms with Gasteiger partial charge in [-0.3, -0.25) is 14.4 Å². The minimum absolute atomic E-state index is 0.0777. The smallest absolute Gasteiger partial charge is 0.274 e. The number of piperidine rings is 1. The molecule has 4 rings (SSSR count). The van der Waals surface area contributed by atoms with Gasteiger partial charge >= 0.3 is 0 Å². The molecule has 1 aliphatic heterocycles. The molecule has 0 spiro atoms. The number of Topliss-reactive ketones (excluding diaryl/α,β-unsaturated/α-hetero) is 1. The fourth-order valence-corrected chi connectivity index (χ4v) is 4.20. The van der Waals surface area contributed by atoms with Crippen LogP contribution in [0.25, 0.3) is 10.8 Å². The summed E-state index contributed by atoms with van der Waals surface area (Å²) in [6.45, 7) is 5.49. The van der Waals surface area contributed by atoms with E-state index in [1.165, 1.54) is 4.68 Å². The number of aromatic nitrogens is 2. The summed E-state index contributed by atoms with van der Waals surface area (Å²) >= 11 is 0. The van der Waals surface area contributed by atoms with Crippen molar-refractivity contribution in [1.29, 1.82) is 0 Å². The van der Waals surface area contributed by atoms with Gasteiger partial charge in [-0.2, -0.15) is 5.10 Å². The molecule has 1 fully saturated rings. The first kappa shape index (κ1) is 21.0. The van der Waals surface area contributed by atoms with E-state index in [9.17, 15) is 14.4 Å². The van der Waals surface area contributed by atoms with Crippen molar-refractivity contribution in [1.82, 2.24) is 14.7 Å². The summed E-state index contributed by atoms with van der Waals surface area (Å²) in [7, 11) is 0. The number of carbonyl (C=O) groups excluding carboxylic acids is 2. The lowest BCUT2D eigenvalue weighted by molar-refractivity contribution is 0.0645. The van der Waals surface area contributed by atoms with Gasteiger partial charge in [0, 0.05) is 36.5 Å². The molecular weight excluding hydrogens is 390 g/mol. The van der Waals surface area contributed by atoms with Gasteiger partial charge in [-0.1, -0.05) is 62.4 Å². The molecule has 6 heteroatoms. The fourth-order valence-electron chi connectivity index (χ4n) is 4.20. The van der Waals surface area contributed by atoms with E-state index in [2.05, 4.69) is 5.10 Å². The third-order valence-electron chi connectivity index (χ3n) is 5.82. The van der Waals surface area contributed by atoms with Gasteiger partial charge in [-0.25, -0.2) is 4.68 Å². The summed E-state index contributed by atoms with van der Waals surface area (Å²) in [5.74, 6) is 0.112. The van der Waals surface area contributed by atoms with Crippen LogP contribution in [-0.4, -0.2) is 39.5 Å². The lowest BCUT2D eigenvalue weighted by atomic mass is 9.89. The van der Waals surface area contributed by atoms with E-state index in [0.29, 0.717) is 48.9 Å². The topological polar surface area (TPSA) is 72.3 Å². The lowest BCUT2D eigenvalue weighted by Crippen LogP contribution is -2.41. The maximum Gasteiger partial charge on any atom is 0.274 e. The number of ketones is 1. The molecule has 1 amide bonds. The van der Waals surface area contributed by atoms with E-state index in [4.69, 9.17) is 0 Å². The molecule has 1 aliphatic rings. The van der Waals surface area contributed by atoms with Crippen LogP contribution in [0.4, 0.5) is 0 Å². The Hall–Kier alpha value is -3.28. The van der Waals surface area contributed by atoms with Crippen LogP contribution >= 0.6 is 0 Å². The highest BCUT2D eigenvalue weighted by Gasteiger charge is 2.30. The molecule has 0 bridgehead atoms. The Morgan fingerprint density at radius 2 is 1.58 bits per heavy atom. The highest BCUT2D eigenvalue weighted by Crippen LogP contribution is 2.24. The number of benzene rings is 2. The first-order chi connectivity index (χ1) is 15.0. The largest absolute Gasteiger partial charge is 0.337 e. The molecular formula is C25H27N3O3. The molecule has 1 saturated heterocycles. The molecule has 160 valence electrons. The van der Waals surface area contributed by atoms with E-state index in [-0.39, 0.29) is 29.1 Å². The highest BCUT2D eigenvalue weighted by molar-refractivity contribution is 6.05. The van der Waals surface area contributed by atoms with Crippen LogP contribution in [-0.2, 0) is 6.54 Å². The van der Waals surface area contributed by atoms with Gasteiger partial charge in [0.05, 0.1) is 5.39 Å². The van der Waals surface area contributed by atoms with Crippen LogP contribution in [0.1, 0.15) is 47.5 Å². The number of likely N-dealkylation sites (tertiary alicyclic amines) is 1. The standard InChI is InChI=1S/C25H27N3O3/c1-17(2)16-28-24(30)21-11-7-6-10-20(21)22(26-28)25(31)27-14-12-19(13-15-27)23(29)18-8-4-3-5-9-18/h3-11,17,19H,12-16H2,1-2H3. The number of nitrogens with zero attached hydrogens (tertiary/aromatic N) is 3. The molecule has 0 aliphatic carbocycles. The first-order valence-electron chi connectivity index (χ1n) is 10.8. The Labute approximate surface area is 181 Å². The molecule has 31 heavy (non-hydrogen) atoms. The van der Waals surface area contributed by atoms with Crippen molar-refractivity contribution < 1.29 is 9.59 Å². The van der Waals surface area contributed by atoms with Crippen LogP contribution in [0.5, 0.6) is 0 Å². The average molecular weight is 418 g/mol. The zero-order chi connectivity index (χ0) is 22.0. The summed E-state index contributed by atoms with van der Waals surface area (Å²) in [6, 6.07) is 16.5. The zero-order valence-electron chi connectivity index (χ0n) is 18.0. The molecule has 0 unspecified atom stereocenters.